The zero-order chi connectivity index (χ0) is 13.8. The topological polar surface area (TPSA) is 36.2 Å². The number of hydrogen-bond donors (Lipinski definition) is 1. The Kier molecular flexibility index (Phi) is 4.31. The van der Waals surface area contributed by atoms with Crippen LogP contribution in [0.2, 0.25) is 0 Å². The molecule has 2 rings (SSSR count). The first-order valence-electron chi connectivity index (χ1n) is 6.97. The van der Waals surface area contributed by atoms with Gasteiger partial charge in [-0.2, -0.15) is 0 Å². The van der Waals surface area contributed by atoms with E-state index in [4.69, 9.17) is 5.41 Å². The second-order valence-electron chi connectivity index (χ2n) is 5.30. The molecule has 1 atom stereocenters. The molecule has 0 spiro atoms. The minimum atomic E-state index is 0.245. The molecule has 0 radical (unpaired) electrons. The quantitative estimate of drug-likeness (QED) is 0.722. The second kappa shape index (κ2) is 5.96. The fraction of sp³-hybridized carbons (Fsp3) is 0.412. The average molecular weight is 254 g/mol. The molecule has 2 heteroatoms. The first-order valence-corrected chi connectivity index (χ1v) is 6.97. The van der Waals surface area contributed by atoms with Gasteiger partial charge in [-0.25, -0.2) is 0 Å². The standard InChI is InChI=1S/C17H22N2/c1-4-17-13(3)16(9-10-19-17)15-7-5-14(6-8-15)11-12(2)18/h5,7,9-10,17-18H,3-4,6,8,11H2,1-2H3. The van der Waals surface area contributed by atoms with Crippen molar-refractivity contribution in [3.05, 3.63) is 47.1 Å². The van der Waals surface area contributed by atoms with E-state index in [-0.39, 0.29) is 6.04 Å². The molecule has 1 heterocycles. The SMILES string of the molecule is C=C1C(C2=CC=C(CC(C)=N)CC2)=CC=NC1CC. The van der Waals surface area contributed by atoms with Gasteiger partial charge in [-0.3, -0.25) is 4.99 Å². The maximum absolute atomic E-state index is 7.56. The van der Waals surface area contributed by atoms with Crippen LogP contribution >= 0.6 is 0 Å². The van der Waals surface area contributed by atoms with E-state index in [1.54, 1.807) is 0 Å². The molecule has 0 fully saturated rings. The Labute approximate surface area is 115 Å². The van der Waals surface area contributed by atoms with Crippen LogP contribution < -0.4 is 0 Å². The van der Waals surface area contributed by atoms with Crippen molar-refractivity contribution < 1.29 is 0 Å². The van der Waals surface area contributed by atoms with E-state index >= 15 is 0 Å². The Morgan fingerprint density at radius 1 is 1.37 bits per heavy atom. The lowest BCUT2D eigenvalue weighted by Crippen LogP contribution is -2.14. The molecule has 0 aromatic heterocycles. The van der Waals surface area contributed by atoms with E-state index in [2.05, 4.69) is 36.7 Å². The molecular formula is C17H22N2. The summed E-state index contributed by atoms with van der Waals surface area (Å²) in [5.74, 6) is 0. The third kappa shape index (κ3) is 3.19. The Bertz CT molecular complexity index is 515. The van der Waals surface area contributed by atoms with Gasteiger partial charge in [0, 0.05) is 18.3 Å². The summed E-state index contributed by atoms with van der Waals surface area (Å²) in [6, 6.07) is 0.245. The van der Waals surface area contributed by atoms with Gasteiger partial charge in [0.1, 0.15) is 0 Å². The number of nitrogens with one attached hydrogen (secondary N) is 1. The number of nitrogens with zero attached hydrogens (tertiary/aromatic N) is 1. The molecule has 0 aromatic carbocycles. The van der Waals surface area contributed by atoms with Gasteiger partial charge in [0.25, 0.3) is 0 Å². The van der Waals surface area contributed by atoms with Gasteiger partial charge >= 0.3 is 0 Å². The van der Waals surface area contributed by atoms with Gasteiger partial charge in [0.15, 0.2) is 0 Å². The van der Waals surface area contributed by atoms with Gasteiger partial charge in [-0.15, -0.1) is 0 Å². The summed E-state index contributed by atoms with van der Waals surface area (Å²) in [5.41, 5.74) is 5.88. The van der Waals surface area contributed by atoms with E-state index in [0.717, 1.165) is 37.0 Å². The highest BCUT2D eigenvalue weighted by atomic mass is 14.8. The smallest absolute Gasteiger partial charge is 0.0746 e. The molecule has 0 saturated heterocycles. The molecule has 0 bridgehead atoms. The number of hydrogen-bond acceptors (Lipinski definition) is 2. The predicted octanol–water partition coefficient (Wildman–Crippen LogP) is 4.41. The first kappa shape index (κ1) is 13.7. The van der Waals surface area contributed by atoms with E-state index < -0.39 is 0 Å². The Morgan fingerprint density at radius 3 is 2.74 bits per heavy atom. The lowest BCUT2D eigenvalue weighted by Gasteiger charge is -2.24. The summed E-state index contributed by atoms with van der Waals surface area (Å²) in [4.78, 5) is 4.46. The fourth-order valence-corrected chi connectivity index (χ4v) is 2.66. The highest BCUT2D eigenvalue weighted by Gasteiger charge is 2.19. The van der Waals surface area contributed by atoms with Crippen LogP contribution in [0, 0.1) is 5.41 Å². The van der Waals surface area contributed by atoms with Crippen molar-refractivity contribution in [1.29, 1.82) is 5.41 Å². The van der Waals surface area contributed by atoms with Crippen LogP contribution in [0.25, 0.3) is 0 Å². The van der Waals surface area contributed by atoms with Gasteiger partial charge in [0.2, 0.25) is 0 Å². The highest BCUT2D eigenvalue weighted by Crippen LogP contribution is 2.32. The first-order chi connectivity index (χ1) is 9.11. The van der Waals surface area contributed by atoms with Gasteiger partial charge in [-0.1, -0.05) is 31.2 Å². The highest BCUT2D eigenvalue weighted by molar-refractivity contribution is 5.81. The van der Waals surface area contributed by atoms with Crippen molar-refractivity contribution in [1.82, 2.24) is 0 Å². The van der Waals surface area contributed by atoms with Crippen LogP contribution in [0.1, 0.15) is 39.5 Å². The number of allylic oxidation sites excluding steroid dienone is 5. The summed E-state index contributed by atoms with van der Waals surface area (Å²) >= 11 is 0. The largest absolute Gasteiger partial charge is 0.310 e. The van der Waals surface area contributed by atoms with Crippen molar-refractivity contribution in [2.75, 3.05) is 0 Å². The monoisotopic (exact) mass is 254 g/mol. The maximum atomic E-state index is 7.56. The fourth-order valence-electron chi connectivity index (χ4n) is 2.66. The summed E-state index contributed by atoms with van der Waals surface area (Å²) < 4.78 is 0. The van der Waals surface area contributed by atoms with E-state index in [1.807, 2.05) is 13.1 Å². The van der Waals surface area contributed by atoms with Crippen molar-refractivity contribution in [2.45, 2.75) is 45.6 Å². The zero-order valence-electron chi connectivity index (χ0n) is 11.9. The number of aliphatic imine (C=N–C) groups is 1. The average Bonchev–Trinajstić information content (AvgIpc) is 2.39. The van der Waals surface area contributed by atoms with E-state index in [0.29, 0.717) is 0 Å². The van der Waals surface area contributed by atoms with Gasteiger partial charge < -0.3 is 5.41 Å². The van der Waals surface area contributed by atoms with Gasteiger partial charge in [-0.05, 0) is 49.0 Å². The lowest BCUT2D eigenvalue weighted by atomic mass is 9.85. The summed E-state index contributed by atoms with van der Waals surface area (Å²) in [6.07, 6.45) is 12.3. The molecule has 0 saturated carbocycles. The van der Waals surface area contributed by atoms with Crippen molar-refractivity contribution in [3.63, 3.8) is 0 Å². The molecule has 19 heavy (non-hydrogen) atoms. The summed E-state index contributed by atoms with van der Waals surface area (Å²) in [6.45, 7) is 8.23. The second-order valence-corrected chi connectivity index (χ2v) is 5.30. The van der Waals surface area contributed by atoms with Crippen molar-refractivity contribution >= 4 is 11.9 Å². The van der Waals surface area contributed by atoms with Crippen LogP contribution in [0.5, 0.6) is 0 Å². The minimum absolute atomic E-state index is 0.245. The molecule has 1 N–H and O–H groups in total. The molecule has 2 aliphatic rings. The Hall–Kier alpha value is -1.70. The summed E-state index contributed by atoms with van der Waals surface area (Å²) in [5, 5.41) is 7.56. The van der Waals surface area contributed by atoms with Crippen LogP contribution in [0.4, 0.5) is 0 Å². The lowest BCUT2D eigenvalue weighted by molar-refractivity contribution is 0.745. The van der Waals surface area contributed by atoms with E-state index in [9.17, 15) is 0 Å². The van der Waals surface area contributed by atoms with Crippen LogP contribution in [0.15, 0.2) is 52.1 Å². The Balaban J connectivity index is 2.16. The molecule has 2 nitrogen and oxygen atoms in total. The molecule has 1 aliphatic carbocycles. The number of dihydropyridines is 1. The van der Waals surface area contributed by atoms with E-state index in [1.165, 1.54) is 16.7 Å². The molecule has 1 unspecified atom stereocenters. The van der Waals surface area contributed by atoms with Crippen LogP contribution in [-0.2, 0) is 0 Å². The maximum Gasteiger partial charge on any atom is 0.0746 e. The van der Waals surface area contributed by atoms with Crippen LogP contribution in [0.3, 0.4) is 0 Å². The Morgan fingerprint density at radius 2 is 2.16 bits per heavy atom. The van der Waals surface area contributed by atoms with Crippen molar-refractivity contribution in [3.8, 4) is 0 Å². The zero-order valence-corrected chi connectivity index (χ0v) is 11.9. The molecule has 0 aromatic rings. The minimum Gasteiger partial charge on any atom is -0.310 e. The molecule has 1 aliphatic heterocycles. The molecule has 0 amide bonds. The molecule has 100 valence electrons. The number of rotatable bonds is 4. The third-order valence-corrected chi connectivity index (χ3v) is 3.72. The third-order valence-electron chi connectivity index (χ3n) is 3.72. The van der Waals surface area contributed by atoms with Crippen LogP contribution in [-0.4, -0.2) is 18.0 Å². The summed E-state index contributed by atoms with van der Waals surface area (Å²) in [7, 11) is 0. The predicted molar refractivity (Wildman–Crippen MR) is 83.2 cm³/mol. The molecular weight excluding hydrogens is 232 g/mol. The van der Waals surface area contributed by atoms with Crippen molar-refractivity contribution in [2.24, 2.45) is 4.99 Å². The van der Waals surface area contributed by atoms with Gasteiger partial charge in [0.05, 0.1) is 6.04 Å². The normalized spacial score (nSPS) is 22.7.